The number of halogens is 1. The summed E-state index contributed by atoms with van der Waals surface area (Å²) >= 11 is 0. The first-order valence-electron chi connectivity index (χ1n) is 7.28. The number of piperidine rings is 1. The van der Waals surface area contributed by atoms with E-state index >= 15 is 0 Å². The van der Waals surface area contributed by atoms with Crippen LogP contribution in [0.3, 0.4) is 0 Å². The molecule has 1 unspecified atom stereocenters. The van der Waals surface area contributed by atoms with Gasteiger partial charge in [0.25, 0.3) is 0 Å². The maximum absolute atomic E-state index is 12.4. The molecule has 1 fully saturated rings. The molecule has 0 bridgehead atoms. The Hall–Kier alpha value is -1.26. The van der Waals surface area contributed by atoms with Gasteiger partial charge in [0.15, 0.2) is 0 Å². The summed E-state index contributed by atoms with van der Waals surface area (Å²) in [6.45, 7) is 7.75. The van der Waals surface area contributed by atoms with Gasteiger partial charge >= 0.3 is 0 Å². The minimum Gasteiger partial charge on any atom is -0.491 e. The summed E-state index contributed by atoms with van der Waals surface area (Å²) in [7, 11) is 0. The largest absolute Gasteiger partial charge is 0.491 e. The number of carbonyl (C=O) groups excluding carboxylic acids is 1. The zero-order chi connectivity index (χ0) is 14.6. The van der Waals surface area contributed by atoms with E-state index in [1.54, 1.807) is 0 Å². The fourth-order valence-electron chi connectivity index (χ4n) is 2.42. The highest BCUT2D eigenvalue weighted by atomic mass is 35.5. The Kier molecular flexibility index (Phi) is 6.49. The summed E-state index contributed by atoms with van der Waals surface area (Å²) in [6.07, 6.45) is 2.13. The minimum absolute atomic E-state index is 0. The molecule has 1 aromatic carbocycles. The van der Waals surface area contributed by atoms with Crippen molar-refractivity contribution >= 4 is 24.0 Å². The fourth-order valence-corrected chi connectivity index (χ4v) is 2.42. The Morgan fingerprint density at radius 1 is 1.33 bits per heavy atom. The quantitative estimate of drug-likeness (QED) is 0.897. The second kappa shape index (κ2) is 7.66. The van der Waals surface area contributed by atoms with Crippen molar-refractivity contribution in [2.45, 2.75) is 39.7 Å². The van der Waals surface area contributed by atoms with Crippen LogP contribution in [0, 0.1) is 5.41 Å². The molecule has 0 aliphatic carbocycles. The van der Waals surface area contributed by atoms with Gasteiger partial charge in [-0.25, -0.2) is 0 Å². The molecular formula is C16H25ClN2O2. The Morgan fingerprint density at radius 3 is 2.52 bits per heavy atom. The number of nitrogens with one attached hydrogen (secondary N) is 2. The topological polar surface area (TPSA) is 50.4 Å². The number of hydrogen-bond donors (Lipinski definition) is 2. The first-order chi connectivity index (χ1) is 9.49. The number of benzene rings is 1. The van der Waals surface area contributed by atoms with E-state index in [-0.39, 0.29) is 29.8 Å². The lowest BCUT2D eigenvalue weighted by atomic mass is 9.82. The first-order valence-corrected chi connectivity index (χ1v) is 7.28. The van der Waals surface area contributed by atoms with Crippen molar-refractivity contribution in [2.24, 2.45) is 5.41 Å². The number of amides is 1. The van der Waals surface area contributed by atoms with E-state index in [1.807, 2.05) is 45.0 Å². The van der Waals surface area contributed by atoms with E-state index < -0.39 is 0 Å². The zero-order valence-corrected chi connectivity index (χ0v) is 13.8. The molecule has 1 heterocycles. The van der Waals surface area contributed by atoms with E-state index in [2.05, 4.69) is 10.6 Å². The summed E-state index contributed by atoms with van der Waals surface area (Å²) in [6, 6.07) is 7.54. The van der Waals surface area contributed by atoms with Crippen LogP contribution in [-0.4, -0.2) is 25.1 Å². The van der Waals surface area contributed by atoms with Crippen LogP contribution in [0.15, 0.2) is 24.3 Å². The molecule has 1 atom stereocenters. The molecule has 0 spiro atoms. The third kappa shape index (κ3) is 4.90. The summed E-state index contributed by atoms with van der Waals surface area (Å²) < 4.78 is 5.59. The van der Waals surface area contributed by atoms with Gasteiger partial charge in [-0.3, -0.25) is 4.79 Å². The fraction of sp³-hybridized carbons (Fsp3) is 0.562. The average molecular weight is 313 g/mol. The molecule has 0 aromatic heterocycles. The van der Waals surface area contributed by atoms with Crippen molar-refractivity contribution in [3.8, 4) is 5.75 Å². The standard InChI is InChI=1S/C16H24N2O2.ClH/c1-12(2)20-14-7-5-13(6-8-14)18-15(19)16(3)9-4-10-17-11-16;/h5-8,12,17H,4,9-11H2,1-3H3,(H,18,19);1H. The van der Waals surface area contributed by atoms with Gasteiger partial charge in [0.05, 0.1) is 11.5 Å². The van der Waals surface area contributed by atoms with E-state index in [9.17, 15) is 4.79 Å². The Bertz CT molecular complexity index is 454. The van der Waals surface area contributed by atoms with Gasteiger partial charge in [-0.05, 0) is 64.4 Å². The molecule has 2 rings (SSSR count). The monoisotopic (exact) mass is 312 g/mol. The predicted octanol–water partition coefficient (Wildman–Crippen LogP) is 3.22. The van der Waals surface area contributed by atoms with Crippen LogP contribution in [0.4, 0.5) is 5.69 Å². The highest BCUT2D eigenvalue weighted by Crippen LogP contribution is 2.27. The van der Waals surface area contributed by atoms with Crippen LogP contribution >= 0.6 is 12.4 Å². The van der Waals surface area contributed by atoms with E-state index in [4.69, 9.17) is 4.74 Å². The van der Waals surface area contributed by atoms with Crippen molar-refractivity contribution in [1.82, 2.24) is 5.32 Å². The van der Waals surface area contributed by atoms with Gasteiger partial charge in [-0.1, -0.05) is 0 Å². The minimum atomic E-state index is -0.314. The predicted molar refractivity (Wildman–Crippen MR) is 88.3 cm³/mol. The van der Waals surface area contributed by atoms with Gasteiger partial charge in [-0.15, -0.1) is 12.4 Å². The van der Waals surface area contributed by atoms with E-state index in [0.717, 1.165) is 37.4 Å². The van der Waals surface area contributed by atoms with Gasteiger partial charge in [0.2, 0.25) is 5.91 Å². The van der Waals surface area contributed by atoms with Crippen molar-refractivity contribution in [1.29, 1.82) is 0 Å². The molecule has 0 saturated carbocycles. The lowest BCUT2D eigenvalue weighted by Crippen LogP contribution is -2.46. The summed E-state index contributed by atoms with van der Waals surface area (Å²) in [4.78, 5) is 12.4. The summed E-state index contributed by atoms with van der Waals surface area (Å²) in [5.41, 5.74) is 0.503. The van der Waals surface area contributed by atoms with Gasteiger partial charge in [0, 0.05) is 12.2 Å². The lowest BCUT2D eigenvalue weighted by molar-refractivity contribution is -0.125. The van der Waals surface area contributed by atoms with Crippen LogP contribution in [0.1, 0.15) is 33.6 Å². The number of carbonyl (C=O) groups is 1. The number of hydrogen-bond acceptors (Lipinski definition) is 3. The molecule has 5 heteroatoms. The number of ether oxygens (including phenoxy) is 1. The van der Waals surface area contributed by atoms with Crippen molar-refractivity contribution < 1.29 is 9.53 Å². The van der Waals surface area contributed by atoms with Crippen molar-refractivity contribution in [3.63, 3.8) is 0 Å². The van der Waals surface area contributed by atoms with Gasteiger partial charge < -0.3 is 15.4 Å². The molecule has 4 nitrogen and oxygen atoms in total. The highest BCUT2D eigenvalue weighted by molar-refractivity contribution is 5.95. The Labute approximate surface area is 133 Å². The zero-order valence-electron chi connectivity index (χ0n) is 12.9. The molecule has 0 radical (unpaired) electrons. The maximum atomic E-state index is 12.4. The third-order valence-corrected chi connectivity index (χ3v) is 3.63. The van der Waals surface area contributed by atoms with Crippen molar-refractivity contribution in [2.75, 3.05) is 18.4 Å². The molecule has 1 aliphatic rings. The molecule has 1 amide bonds. The molecule has 2 N–H and O–H groups in total. The summed E-state index contributed by atoms with van der Waals surface area (Å²) in [5.74, 6) is 0.908. The first kappa shape index (κ1) is 17.8. The van der Waals surface area contributed by atoms with Crippen LogP contribution < -0.4 is 15.4 Å². The number of rotatable bonds is 4. The highest BCUT2D eigenvalue weighted by Gasteiger charge is 2.34. The molecule has 21 heavy (non-hydrogen) atoms. The molecular weight excluding hydrogens is 288 g/mol. The van der Waals surface area contributed by atoms with Crippen molar-refractivity contribution in [3.05, 3.63) is 24.3 Å². The second-order valence-corrected chi connectivity index (χ2v) is 5.99. The molecule has 1 aliphatic heterocycles. The molecule has 1 saturated heterocycles. The normalized spacial score (nSPS) is 21.5. The van der Waals surface area contributed by atoms with Crippen LogP contribution in [-0.2, 0) is 4.79 Å². The third-order valence-electron chi connectivity index (χ3n) is 3.63. The number of anilines is 1. The van der Waals surface area contributed by atoms with E-state index in [0.29, 0.717) is 0 Å². The average Bonchev–Trinajstić information content (AvgIpc) is 2.41. The molecule has 118 valence electrons. The van der Waals surface area contributed by atoms with Crippen LogP contribution in [0.5, 0.6) is 5.75 Å². The molecule has 1 aromatic rings. The maximum Gasteiger partial charge on any atom is 0.231 e. The van der Waals surface area contributed by atoms with Gasteiger partial charge in [0.1, 0.15) is 5.75 Å². The summed E-state index contributed by atoms with van der Waals surface area (Å²) in [5, 5.41) is 6.29. The Balaban J connectivity index is 0.00000220. The van der Waals surface area contributed by atoms with E-state index in [1.165, 1.54) is 0 Å². The second-order valence-electron chi connectivity index (χ2n) is 5.99. The van der Waals surface area contributed by atoms with Crippen LogP contribution in [0.25, 0.3) is 0 Å². The van der Waals surface area contributed by atoms with Crippen LogP contribution in [0.2, 0.25) is 0 Å². The Morgan fingerprint density at radius 2 is 2.00 bits per heavy atom. The smallest absolute Gasteiger partial charge is 0.231 e. The SMILES string of the molecule is CC(C)Oc1ccc(NC(=O)C2(C)CCCNC2)cc1.Cl. The van der Waals surface area contributed by atoms with Gasteiger partial charge in [-0.2, -0.15) is 0 Å². The lowest BCUT2D eigenvalue weighted by Gasteiger charge is -2.32.